The quantitative estimate of drug-likeness (QED) is 0.707. The maximum Gasteiger partial charge on any atom is 0.171 e. The van der Waals surface area contributed by atoms with E-state index in [1.807, 2.05) is 37.0 Å². The Morgan fingerprint density at radius 2 is 1.77 bits per heavy atom. The zero-order valence-electron chi connectivity index (χ0n) is 16.5. The van der Waals surface area contributed by atoms with Crippen molar-refractivity contribution in [3.8, 4) is 0 Å². The topological polar surface area (TPSA) is 46.8 Å². The van der Waals surface area contributed by atoms with E-state index >= 15 is 0 Å². The van der Waals surface area contributed by atoms with Crippen LogP contribution in [0.4, 0.5) is 0 Å². The fourth-order valence-electron chi connectivity index (χ4n) is 2.55. The van der Waals surface area contributed by atoms with Gasteiger partial charge in [-0.1, -0.05) is 62.2 Å². The van der Waals surface area contributed by atoms with Gasteiger partial charge in [-0.15, -0.1) is 5.10 Å². The van der Waals surface area contributed by atoms with E-state index in [0.717, 1.165) is 11.4 Å². The van der Waals surface area contributed by atoms with Gasteiger partial charge in [-0.25, -0.2) is 4.68 Å². The van der Waals surface area contributed by atoms with Gasteiger partial charge in [-0.2, -0.15) is 0 Å². The van der Waals surface area contributed by atoms with Crippen molar-refractivity contribution in [1.82, 2.24) is 25.1 Å². The predicted octanol–water partition coefficient (Wildman–Crippen LogP) is 5.08. The van der Waals surface area contributed by atoms with Crippen LogP contribution in [0.5, 0.6) is 0 Å². The van der Waals surface area contributed by atoms with Crippen molar-refractivity contribution in [3.05, 3.63) is 45.7 Å². The minimum absolute atomic E-state index is 0.0431. The first-order chi connectivity index (χ1) is 11.9. The lowest BCUT2D eigenvalue weighted by atomic mass is 9.85. The Morgan fingerprint density at radius 1 is 1.12 bits per heavy atom. The van der Waals surface area contributed by atoms with Crippen LogP contribution in [0.15, 0.2) is 24.3 Å². The molecule has 0 aliphatic carbocycles. The van der Waals surface area contributed by atoms with E-state index in [1.165, 1.54) is 0 Å². The number of aromatic nitrogens is 4. The largest absolute Gasteiger partial charge is 0.297 e. The van der Waals surface area contributed by atoms with Crippen molar-refractivity contribution >= 4 is 29.3 Å². The molecule has 0 amide bonds. The van der Waals surface area contributed by atoms with Gasteiger partial charge >= 0.3 is 0 Å². The maximum atomic E-state index is 6.31. The maximum absolute atomic E-state index is 6.31. The number of tetrazole rings is 1. The van der Waals surface area contributed by atoms with E-state index < -0.39 is 0 Å². The minimum Gasteiger partial charge on any atom is -0.297 e. The molecule has 26 heavy (non-hydrogen) atoms. The molecular formula is C19H27Cl2N5. The summed E-state index contributed by atoms with van der Waals surface area (Å²) in [6.45, 7) is 10.7. The summed E-state index contributed by atoms with van der Waals surface area (Å²) < 4.78 is 1.90. The van der Waals surface area contributed by atoms with Crippen LogP contribution in [0.1, 0.15) is 52.0 Å². The number of benzene rings is 1. The summed E-state index contributed by atoms with van der Waals surface area (Å²) in [5.74, 6) is 0.814. The third-order valence-electron chi connectivity index (χ3n) is 4.73. The van der Waals surface area contributed by atoms with Crippen molar-refractivity contribution in [2.24, 2.45) is 5.41 Å². The van der Waals surface area contributed by atoms with Gasteiger partial charge in [0.05, 0.1) is 11.6 Å². The average Bonchev–Trinajstić information content (AvgIpc) is 2.97. The highest BCUT2D eigenvalue weighted by atomic mass is 35.5. The molecule has 0 bridgehead atoms. The number of allylic oxidation sites excluding steroid dienone is 1. The lowest BCUT2D eigenvalue weighted by molar-refractivity contribution is 0.163. The van der Waals surface area contributed by atoms with Crippen molar-refractivity contribution in [3.63, 3.8) is 0 Å². The Kier molecular flexibility index (Phi) is 6.16. The Balaban J connectivity index is 2.48. The molecule has 1 aromatic heterocycles. The number of nitrogens with zero attached hydrogens (tertiary/aromatic N) is 5. The van der Waals surface area contributed by atoms with Crippen LogP contribution in [0, 0.1) is 5.41 Å². The molecule has 1 atom stereocenters. The van der Waals surface area contributed by atoms with E-state index in [4.69, 9.17) is 23.2 Å². The summed E-state index contributed by atoms with van der Waals surface area (Å²) in [5, 5.41) is 13.8. The van der Waals surface area contributed by atoms with Crippen molar-refractivity contribution in [2.45, 2.75) is 46.2 Å². The van der Waals surface area contributed by atoms with Gasteiger partial charge in [0.2, 0.25) is 0 Å². The molecule has 1 heterocycles. The van der Waals surface area contributed by atoms with Crippen LogP contribution in [-0.2, 0) is 5.54 Å². The smallest absolute Gasteiger partial charge is 0.171 e. The SMILES string of the molecule is CN(C)C(C)(C)c1nnnn1[C@H](/C=C/c1ccc(Cl)cc1Cl)C(C)(C)C. The first-order valence-electron chi connectivity index (χ1n) is 8.53. The lowest BCUT2D eigenvalue weighted by Crippen LogP contribution is -2.40. The second-order valence-electron chi connectivity index (χ2n) is 8.24. The molecule has 2 rings (SSSR count). The predicted molar refractivity (Wildman–Crippen MR) is 109 cm³/mol. The molecule has 0 spiro atoms. The summed E-state index contributed by atoms with van der Waals surface area (Å²) in [5.41, 5.74) is 0.507. The molecule has 0 saturated heterocycles. The fourth-order valence-corrected chi connectivity index (χ4v) is 3.02. The summed E-state index contributed by atoms with van der Waals surface area (Å²) in [4.78, 5) is 2.11. The molecule has 2 aromatic rings. The van der Waals surface area contributed by atoms with E-state index in [0.29, 0.717) is 10.0 Å². The van der Waals surface area contributed by atoms with Gasteiger partial charge in [-0.3, -0.25) is 4.90 Å². The number of halogens is 2. The summed E-state index contributed by atoms with van der Waals surface area (Å²) in [6.07, 6.45) is 4.10. The molecule has 0 fully saturated rings. The van der Waals surface area contributed by atoms with Gasteiger partial charge in [-0.05, 0) is 61.5 Å². The van der Waals surface area contributed by atoms with Crippen LogP contribution >= 0.6 is 23.2 Å². The lowest BCUT2D eigenvalue weighted by Gasteiger charge is -2.35. The van der Waals surface area contributed by atoms with E-state index in [-0.39, 0.29) is 17.0 Å². The zero-order valence-corrected chi connectivity index (χ0v) is 18.0. The number of hydrogen-bond donors (Lipinski definition) is 0. The van der Waals surface area contributed by atoms with Crippen LogP contribution in [-0.4, -0.2) is 39.2 Å². The minimum atomic E-state index is -0.307. The third kappa shape index (κ3) is 4.45. The van der Waals surface area contributed by atoms with Gasteiger partial charge in [0.15, 0.2) is 5.82 Å². The van der Waals surface area contributed by atoms with Crippen LogP contribution in [0.25, 0.3) is 6.08 Å². The van der Waals surface area contributed by atoms with Crippen LogP contribution in [0.2, 0.25) is 10.0 Å². The highest BCUT2D eigenvalue weighted by molar-refractivity contribution is 6.35. The second-order valence-corrected chi connectivity index (χ2v) is 9.08. The average molecular weight is 396 g/mol. The van der Waals surface area contributed by atoms with Gasteiger partial charge in [0.25, 0.3) is 0 Å². The van der Waals surface area contributed by atoms with Crippen molar-refractivity contribution < 1.29 is 0 Å². The molecule has 7 heteroatoms. The Hall–Kier alpha value is -1.43. The standard InChI is InChI=1S/C19H27Cl2N5/c1-18(2,3)16(11-9-13-8-10-14(20)12-15(13)21)26-17(22-23-24-26)19(4,5)25(6)7/h8-12,16H,1-7H3/b11-9+/t16-/m1/s1. The molecule has 0 unspecified atom stereocenters. The van der Waals surface area contributed by atoms with Gasteiger partial charge < -0.3 is 0 Å². The van der Waals surface area contributed by atoms with Crippen molar-refractivity contribution in [1.29, 1.82) is 0 Å². The molecule has 0 saturated carbocycles. The first kappa shape index (κ1) is 20.9. The summed E-state index contributed by atoms with van der Waals surface area (Å²) in [6, 6.07) is 5.44. The van der Waals surface area contributed by atoms with Gasteiger partial charge in [0, 0.05) is 10.0 Å². The molecule has 5 nitrogen and oxygen atoms in total. The second kappa shape index (κ2) is 7.67. The van der Waals surface area contributed by atoms with Crippen LogP contribution < -0.4 is 0 Å². The van der Waals surface area contributed by atoms with Gasteiger partial charge in [0.1, 0.15) is 0 Å². The normalized spacial score (nSPS) is 14.4. The molecule has 0 aliphatic rings. The van der Waals surface area contributed by atoms with E-state index in [1.54, 1.807) is 6.07 Å². The van der Waals surface area contributed by atoms with Crippen LogP contribution in [0.3, 0.4) is 0 Å². The van der Waals surface area contributed by atoms with Crippen molar-refractivity contribution in [2.75, 3.05) is 14.1 Å². The molecule has 0 N–H and O–H groups in total. The highest BCUT2D eigenvalue weighted by Crippen LogP contribution is 2.35. The first-order valence-corrected chi connectivity index (χ1v) is 9.29. The fraction of sp³-hybridized carbons (Fsp3) is 0.526. The number of hydrogen-bond acceptors (Lipinski definition) is 4. The van der Waals surface area contributed by atoms with E-state index in [9.17, 15) is 0 Å². The molecule has 0 radical (unpaired) electrons. The summed E-state index contributed by atoms with van der Waals surface area (Å²) >= 11 is 12.3. The number of rotatable bonds is 5. The van der Waals surface area contributed by atoms with E-state index in [2.05, 4.69) is 61.1 Å². The summed E-state index contributed by atoms with van der Waals surface area (Å²) in [7, 11) is 4.04. The molecule has 0 aliphatic heterocycles. The highest BCUT2D eigenvalue weighted by Gasteiger charge is 2.35. The molecule has 142 valence electrons. The third-order valence-corrected chi connectivity index (χ3v) is 5.29. The molecule has 1 aromatic carbocycles. The Bertz CT molecular complexity index is 787. The Labute approximate surface area is 166 Å². The Morgan fingerprint density at radius 3 is 2.31 bits per heavy atom. The zero-order chi connectivity index (χ0) is 19.7. The monoisotopic (exact) mass is 395 g/mol. The molecular weight excluding hydrogens is 369 g/mol.